The molecule has 1 aromatic carbocycles. The lowest BCUT2D eigenvalue weighted by molar-refractivity contribution is 0.412. The van der Waals surface area contributed by atoms with Crippen LogP contribution in [-0.2, 0) is 0 Å². The van der Waals surface area contributed by atoms with Gasteiger partial charge in [-0.05, 0) is 24.6 Å². The Hall–Kier alpha value is -1.49. The van der Waals surface area contributed by atoms with Crippen molar-refractivity contribution in [3.8, 4) is 17.6 Å². The molecule has 0 spiro atoms. The molecule has 0 aliphatic carbocycles. The molecule has 104 valence electrons. The zero-order valence-corrected chi connectivity index (χ0v) is 12.0. The van der Waals surface area contributed by atoms with E-state index in [-0.39, 0.29) is 5.82 Å². The largest absolute Gasteiger partial charge is 0.495 e. The topological polar surface area (TPSA) is 9.23 Å². The van der Waals surface area contributed by atoms with E-state index in [0.29, 0.717) is 11.3 Å². The summed E-state index contributed by atoms with van der Waals surface area (Å²) in [6, 6.07) is 4.43. The summed E-state index contributed by atoms with van der Waals surface area (Å²) < 4.78 is 18.3. The van der Waals surface area contributed by atoms with Gasteiger partial charge in [0.2, 0.25) is 0 Å². The van der Waals surface area contributed by atoms with Gasteiger partial charge in [0.25, 0.3) is 0 Å². The fraction of sp³-hybridized carbons (Fsp3) is 0.529. The molecule has 0 N–H and O–H groups in total. The highest BCUT2D eigenvalue weighted by atomic mass is 19.1. The van der Waals surface area contributed by atoms with E-state index in [0.717, 1.165) is 12.8 Å². The van der Waals surface area contributed by atoms with Crippen molar-refractivity contribution in [3.05, 3.63) is 29.6 Å². The van der Waals surface area contributed by atoms with Crippen molar-refractivity contribution in [2.45, 2.75) is 51.9 Å². The average molecular weight is 262 g/mol. The van der Waals surface area contributed by atoms with Gasteiger partial charge in [0.15, 0.2) is 0 Å². The van der Waals surface area contributed by atoms with Crippen molar-refractivity contribution in [1.82, 2.24) is 0 Å². The number of rotatable bonds is 7. The first-order valence-corrected chi connectivity index (χ1v) is 7.10. The maximum Gasteiger partial charge on any atom is 0.134 e. The van der Waals surface area contributed by atoms with Gasteiger partial charge in [-0.15, -0.1) is 0 Å². The van der Waals surface area contributed by atoms with Crippen LogP contribution >= 0.6 is 0 Å². The van der Waals surface area contributed by atoms with E-state index in [1.807, 2.05) is 0 Å². The van der Waals surface area contributed by atoms with Gasteiger partial charge in [0.1, 0.15) is 11.6 Å². The second-order valence-electron chi connectivity index (χ2n) is 4.66. The Morgan fingerprint density at radius 2 is 1.84 bits per heavy atom. The van der Waals surface area contributed by atoms with Gasteiger partial charge < -0.3 is 4.74 Å². The molecule has 0 bridgehead atoms. The van der Waals surface area contributed by atoms with Crippen LogP contribution in [0.15, 0.2) is 18.2 Å². The van der Waals surface area contributed by atoms with E-state index in [4.69, 9.17) is 4.74 Å². The first kappa shape index (κ1) is 15.6. The van der Waals surface area contributed by atoms with Crippen LogP contribution in [0.1, 0.15) is 57.4 Å². The Bertz CT molecular complexity index is 429. The van der Waals surface area contributed by atoms with Crippen molar-refractivity contribution in [2.24, 2.45) is 0 Å². The van der Waals surface area contributed by atoms with E-state index in [9.17, 15) is 4.39 Å². The highest BCUT2D eigenvalue weighted by Crippen LogP contribution is 2.18. The summed E-state index contributed by atoms with van der Waals surface area (Å²) in [4.78, 5) is 0. The van der Waals surface area contributed by atoms with E-state index in [2.05, 4.69) is 18.8 Å². The van der Waals surface area contributed by atoms with Crippen LogP contribution in [0.4, 0.5) is 4.39 Å². The molecule has 0 heterocycles. The molecule has 0 aliphatic heterocycles. The Balaban J connectivity index is 2.35. The Kier molecular flexibility index (Phi) is 7.74. The van der Waals surface area contributed by atoms with Gasteiger partial charge in [-0.1, -0.05) is 50.9 Å². The van der Waals surface area contributed by atoms with Crippen LogP contribution in [0, 0.1) is 17.7 Å². The van der Waals surface area contributed by atoms with Gasteiger partial charge in [0, 0.05) is 6.42 Å². The molecule has 0 saturated carbocycles. The highest BCUT2D eigenvalue weighted by Gasteiger charge is 2.00. The number of unbranched alkanes of at least 4 members (excludes halogenated alkanes) is 6. The van der Waals surface area contributed by atoms with E-state index in [1.165, 1.54) is 44.2 Å². The minimum Gasteiger partial charge on any atom is -0.495 e. The third-order valence-electron chi connectivity index (χ3n) is 3.04. The van der Waals surface area contributed by atoms with Crippen molar-refractivity contribution < 1.29 is 9.13 Å². The molecule has 1 aromatic rings. The second-order valence-corrected chi connectivity index (χ2v) is 4.66. The molecule has 19 heavy (non-hydrogen) atoms. The van der Waals surface area contributed by atoms with Crippen LogP contribution < -0.4 is 4.74 Å². The molecule has 0 atom stereocenters. The number of benzene rings is 1. The van der Waals surface area contributed by atoms with E-state index >= 15 is 0 Å². The normalized spacial score (nSPS) is 9.84. The molecule has 0 aromatic heterocycles. The van der Waals surface area contributed by atoms with Crippen molar-refractivity contribution >= 4 is 0 Å². The van der Waals surface area contributed by atoms with Gasteiger partial charge >= 0.3 is 0 Å². The summed E-state index contributed by atoms with van der Waals surface area (Å²) in [6.07, 6.45) is 8.43. The zero-order valence-electron chi connectivity index (χ0n) is 12.0. The maximum absolute atomic E-state index is 13.1. The third-order valence-corrected chi connectivity index (χ3v) is 3.04. The van der Waals surface area contributed by atoms with E-state index < -0.39 is 0 Å². The Morgan fingerprint density at radius 3 is 2.58 bits per heavy atom. The molecular formula is C17H23FO. The standard InChI is InChI=1S/C17H23FO/c1-3-4-5-6-7-8-9-10-11-15-14-16(18)12-13-17(15)19-2/h12-14H,3-9H2,1-2H3. The van der Waals surface area contributed by atoms with Crippen LogP contribution in [-0.4, -0.2) is 7.11 Å². The molecule has 0 unspecified atom stereocenters. The molecule has 0 aliphatic rings. The summed E-state index contributed by atoms with van der Waals surface area (Å²) in [7, 11) is 1.58. The number of hydrogen-bond donors (Lipinski definition) is 0. The number of ether oxygens (including phenoxy) is 1. The molecule has 0 saturated heterocycles. The minimum absolute atomic E-state index is 0.273. The predicted octanol–water partition coefficient (Wildman–Crippen LogP) is 4.94. The van der Waals surface area contributed by atoms with Crippen molar-refractivity contribution in [1.29, 1.82) is 0 Å². The predicted molar refractivity (Wildman–Crippen MR) is 77.8 cm³/mol. The second kappa shape index (κ2) is 9.44. The van der Waals surface area contributed by atoms with Gasteiger partial charge in [-0.2, -0.15) is 0 Å². The Morgan fingerprint density at radius 1 is 1.11 bits per heavy atom. The quantitative estimate of drug-likeness (QED) is 0.499. The maximum atomic E-state index is 13.1. The summed E-state index contributed by atoms with van der Waals surface area (Å²) in [5, 5.41) is 0. The van der Waals surface area contributed by atoms with Gasteiger partial charge in [0.05, 0.1) is 12.7 Å². The molecule has 1 nitrogen and oxygen atoms in total. The monoisotopic (exact) mass is 262 g/mol. The SMILES string of the molecule is CCCCCCCCC#Cc1cc(F)ccc1OC. The average Bonchev–Trinajstić information content (AvgIpc) is 2.42. The van der Waals surface area contributed by atoms with Crippen LogP contribution in [0.5, 0.6) is 5.75 Å². The smallest absolute Gasteiger partial charge is 0.134 e. The van der Waals surface area contributed by atoms with Crippen LogP contribution in [0.25, 0.3) is 0 Å². The molecular weight excluding hydrogens is 239 g/mol. The van der Waals surface area contributed by atoms with Crippen molar-refractivity contribution in [3.63, 3.8) is 0 Å². The third kappa shape index (κ3) is 6.29. The summed E-state index contributed by atoms with van der Waals surface area (Å²) in [5.41, 5.74) is 0.633. The first-order chi connectivity index (χ1) is 9.27. The molecule has 0 fully saturated rings. The fourth-order valence-corrected chi connectivity index (χ4v) is 1.93. The lowest BCUT2D eigenvalue weighted by Gasteiger charge is -2.02. The zero-order chi connectivity index (χ0) is 13.9. The number of methoxy groups -OCH3 is 1. The molecule has 2 heteroatoms. The fourth-order valence-electron chi connectivity index (χ4n) is 1.93. The number of halogens is 1. The number of hydrogen-bond acceptors (Lipinski definition) is 1. The van der Waals surface area contributed by atoms with Gasteiger partial charge in [-0.25, -0.2) is 4.39 Å². The molecule has 1 rings (SSSR count). The van der Waals surface area contributed by atoms with Gasteiger partial charge in [-0.3, -0.25) is 0 Å². The summed E-state index contributed by atoms with van der Waals surface area (Å²) in [5.74, 6) is 6.45. The van der Waals surface area contributed by atoms with Crippen LogP contribution in [0.2, 0.25) is 0 Å². The lowest BCUT2D eigenvalue weighted by Crippen LogP contribution is -1.88. The molecule has 0 radical (unpaired) electrons. The highest BCUT2D eigenvalue weighted by molar-refractivity contribution is 5.46. The van der Waals surface area contributed by atoms with Crippen molar-refractivity contribution in [2.75, 3.05) is 7.11 Å². The first-order valence-electron chi connectivity index (χ1n) is 7.10. The lowest BCUT2D eigenvalue weighted by atomic mass is 10.1. The summed E-state index contributed by atoms with van der Waals surface area (Å²) >= 11 is 0. The van der Waals surface area contributed by atoms with Crippen LogP contribution in [0.3, 0.4) is 0 Å². The molecule has 0 amide bonds. The minimum atomic E-state index is -0.273. The van der Waals surface area contributed by atoms with E-state index in [1.54, 1.807) is 13.2 Å². The summed E-state index contributed by atoms with van der Waals surface area (Å²) in [6.45, 7) is 2.22. The Labute approximate surface area is 116 Å².